The fourth-order valence-electron chi connectivity index (χ4n) is 3.59. The van der Waals surface area contributed by atoms with E-state index in [9.17, 15) is 4.79 Å². The summed E-state index contributed by atoms with van der Waals surface area (Å²) in [5.74, 6) is 0.478. The Kier molecular flexibility index (Phi) is 61.7. The van der Waals surface area contributed by atoms with Crippen molar-refractivity contribution in [2.45, 2.75) is 169 Å². The zero-order valence-electron chi connectivity index (χ0n) is 33.8. The molecule has 0 bridgehead atoms. The van der Waals surface area contributed by atoms with Crippen LogP contribution in [0.4, 0.5) is 0 Å². The van der Waals surface area contributed by atoms with E-state index in [4.69, 9.17) is 0 Å². The van der Waals surface area contributed by atoms with Gasteiger partial charge in [-0.2, -0.15) is 0 Å². The molecule has 0 spiro atoms. The Morgan fingerprint density at radius 1 is 0.778 bits per heavy atom. The van der Waals surface area contributed by atoms with Crippen LogP contribution in [0.1, 0.15) is 185 Å². The summed E-state index contributed by atoms with van der Waals surface area (Å²) in [6.45, 7) is 44.5. The van der Waals surface area contributed by atoms with Gasteiger partial charge in [0.2, 0.25) is 0 Å². The fraction of sp³-hybridized carbons (Fsp3) is 0.568. The van der Waals surface area contributed by atoms with Gasteiger partial charge in [-0.15, -0.1) is 12.8 Å². The zero-order chi connectivity index (χ0) is 37.4. The van der Waals surface area contributed by atoms with E-state index < -0.39 is 0 Å². The number of rotatable bonds is 9. The van der Waals surface area contributed by atoms with Crippen molar-refractivity contribution < 1.29 is 4.79 Å². The molecule has 1 heteroatoms. The molecular weight excluding hydrogens is 544 g/mol. The van der Waals surface area contributed by atoms with E-state index >= 15 is 0 Å². The first-order valence-corrected chi connectivity index (χ1v) is 18.0. The molecular formula is C44H80O. The molecule has 1 atom stereocenters. The molecule has 0 saturated carbocycles. The number of unbranched alkanes of at least 4 members (excludes halogenated alkanes) is 3. The number of allylic oxidation sites excluding steroid dienone is 8. The summed E-state index contributed by atoms with van der Waals surface area (Å²) in [4.78, 5) is 11.4. The SMILES string of the molecule is C#C.C=C(C)C/C(=C\C1=CCC(c2ccc(C(C)=O)cc2)C=C1C)C(=C)C.CC.CC.CC.CC.CC.CC.CCCCCC. The van der Waals surface area contributed by atoms with Crippen molar-refractivity contribution in [1.29, 1.82) is 0 Å². The number of benzene rings is 1. The van der Waals surface area contributed by atoms with Crippen LogP contribution >= 0.6 is 0 Å². The molecule has 1 aliphatic carbocycles. The number of carbonyl (C=O) groups is 1. The number of hydrogen-bond acceptors (Lipinski definition) is 1. The average Bonchev–Trinajstić information content (AvgIpc) is 3.10. The fourth-order valence-corrected chi connectivity index (χ4v) is 3.59. The van der Waals surface area contributed by atoms with E-state index in [1.807, 2.05) is 95.2 Å². The van der Waals surface area contributed by atoms with E-state index in [1.54, 1.807) is 6.92 Å². The van der Waals surface area contributed by atoms with Crippen molar-refractivity contribution in [3.05, 3.63) is 94.6 Å². The first kappa shape index (κ1) is 57.8. The minimum atomic E-state index is 0.110. The van der Waals surface area contributed by atoms with Gasteiger partial charge in [0.05, 0.1) is 0 Å². The maximum atomic E-state index is 11.4. The lowest BCUT2D eigenvalue weighted by atomic mass is 9.85. The van der Waals surface area contributed by atoms with Crippen LogP contribution in [0.15, 0.2) is 83.5 Å². The van der Waals surface area contributed by atoms with Crippen LogP contribution < -0.4 is 0 Å². The second-order valence-electron chi connectivity index (χ2n) is 8.82. The summed E-state index contributed by atoms with van der Waals surface area (Å²) in [5, 5.41) is 0. The maximum absolute atomic E-state index is 11.4. The third-order valence-electron chi connectivity index (χ3n) is 5.57. The number of ketones is 1. The van der Waals surface area contributed by atoms with Crippen LogP contribution in [0.25, 0.3) is 0 Å². The van der Waals surface area contributed by atoms with Crippen LogP contribution in [0.5, 0.6) is 0 Å². The Balaban J connectivity index is -0.000000121. The molecule has 0 aliphatic heterocycles. The molecule has 0 aromatic heterocycles. The molecule has 0 amide bonds. The van der Waals surface area contributed by atoms with Gasteiger partial charge in [-0.3, -0.25) is 4.79 Å². The van der Waals surface area contributed by atoms with Gasteiger partial charge in [0.25, 0.3) is 0 Å². The molecule has 0 heterocycles. The topological polar surface area (TPSA) is 17.1 Å². The zero-order valence-corrected chi connectivity index (χ0v) is 33.8. The van der Waals surface area contributed by atoms with E-state index in [0.717, 1.165) is 29.6 Å². The van der Waals surface area contributed by atoms with Gasteiger partial charge in [-0.1, -0.05) is 189 Å². The molecule has 0 saturated heterocycles. The highest BCUT2D eigenvalue weighted by Crippen LogP contribution is 2.32. The summed E-state index contributed by atoms with van der Waals surface area (Å²) in [7, 11) is 0. The van der Waals surface area contributed by atoms with Gasteiger partial charge in [-0.25, -0.2) is 0 Å². The normalized spacial score (nSPS) is 11.8. The van der Waals surface area contributed by atoms with Gasteiger partial charge >= 0.3 is 0 Å². The summed E-state index contributed by atoms with van der Waals surface area (Å²) in [5.41, 5.74) is 8.07. The highest BCUT2D eigenvalue weighted by Gasteiger charge is 2.15. The van der Waals surface area contributed by atoms with E-state index in [2.05, 4.69) is 91.0 Å². The first-order valence-electron chi connectivity index (χ1n) is 18.0. The smallest absolute Gasteiger partial charge is 0.159 e. The summed E-state index contributed by atoms with van der Waals surface area (Å²) >= 11 is 0. The van der Waals surface area contributed by atoms with Crippen LogP contribution in [0, 0.1) is 12.8 Å². The van der Waals surface area contributed by atoms with E-state index in [0.29, 0.717) is 5.92 Å². The molecule has 0 radical (unpaired) electrons. The second-order valence-corrected chi connectivity index (χ2v) is 8.82. The highest BCUT2D eigenvalue weighted by molar-refractivity contribution is 5.94. The molecule has 45 heavy (non-hydrogen) atoms. The Labute approximate surface area is 286 Å². The van der Waals surface area contributed by atoms with Crippen molar-refractivity contribution in [3.8, 4) is 12.8 Å². The van der Waals surface area contributed by atoms with Gasteiger partial charge in [0.1, 0.15) is 0 Å². The molecule has 1 nitrogen and oxygen atoms in total. The molecule has 1 aliphatic rings. The Bertz CT molecular complexity index is 881. The Morgan fingerprint density at radius 3 is 1.47 bits per heavy atom. The van der Waals surface area contributed by atoms with Crippen LogP contribution in [0.2, 0.25) is 0 Å². The summed E-state index contributed by atoms with van der Waals surface area (Å²) in [6, 6.07) is 7.98. The molecule has 1 unspecified atom stereocenters. The van der Waals surface area contributed by atoms with Crippen molar-refractivity contribution in [2.75, 3.05) is 0 Å². The highest BCUT2D eigenvalue weighted by atomic mass is 16.1. The van der Waals surface area contributed by atoms with E-state index in [1.165, 1.54) is 48.0 Å². The average molecular weight is 625 g/mol. The minimum Gasteiger partial charge on any atom is -0.295 e. The molecule has 2 rings (SSSR count). The molecule has 1 aromatic carbocycles. The Hall–Kier alpha value is -2.85. The van der Waals surface area contributed by atoms with Gasteiger partial charge in [0.15, 0.2) is 5.78 Å². The standard InChI is InChI=1S/C24H28O.C6H14.6C2H6.C2H2/c1-16(2)13-24(17(3)4)15-22-11-12-23(14-18(22)5)21-9-7-20(8-10-21)19(6)25;1-3-5-6-4-2;7*1-2/h7-11,14-15,23H,1,3,12-13H2,2,4-6H3;3-6H2,1-2H3;6*1-2H3;1-2H/b24-15+;;;;;;;;. The summed E-state index contributed by atoms with van der Waals surface area (Å²) < 4.78 is 0. The second kappa shape index (κ2) is 48.1. The maximum Gasteiger partial charge on any atom is 0.159 e. The number of carbonyl (C=O) groups excluding carboxylic acids is 1. The molecule has 1 aromatic rings. The Morgan fingerprint density at radius 2 is 1.18 bits per heavy atom. The number of Topliss-reactive ketones (excluding diaryl/α,β-unsaturated/α-hetero) is 1. The van der Waals surface area contributed by atoms with Gasteiger partial charge in [0, 0.05) is 11.5 Å². The predicted octanol–water partition coefficient (Wildman–Crippen LogP) is 15.7. The predicted molar refractivity (Wildman–Crippen MR) is 216 cm³/mol. The third-order valence-corrected chi connectivity index (χ3v) is 5.57. The third kappa shape index (κ3) is 33.9. The van der Waals surface area contributed by atoms with Crippen molar-refractivity contribution in [1.82, 2.24) is 0 Å². The van der Waals surface area contributed by atoms with Crippen LogP contribution in [-0.2, 0) is 0 Å². The summed E-state index contributed by atoms with van der Waals surface area (Å²) in [6.07, 6.45) is 22.3. The lowest BCUT2D eigenvalue weighted by molar-refractivity contribution is 0.101. The van der Waals surface area contributed by atoms with E-state index in [-0.39, 0.29) is 5.78 Å². The lowest BCUT2D eigenvalue weighted by Crippen LogP contribution is -2.03. The van der Waals surface area contributed by atoms with Crippen molar-refractivity contribution >= 4 is 5.78 Å². The molecule has 0 N–H and O–H groups in total. The van der Waals surface area contributed by atoms with Crippen molar-refractivity contribution in [3.63, 3.8) is 0 Å². The van der Waals surface area contributed by atoms with Crippen LogP contribution in [-0.4, -0.2) is 5.78 Å². The largest absolute Gasteiger partial charge is 0.295 e. The number of hydrogen-bond donors (Lipinski definition) is 0. The van der Waals surface area contributed by atoms with Gasteiger partial charge < -0.3 is 0 Å². The monoisotopic (exact) mass is 625 g/mol. The quantitative estimate of drug-likeness (QED) is 0.0878. The first-order chi connectivity index (χ1) is 21.7. The van der Waals surface area contributed by atoms with Gasteiger partial charge in [-0.05, 0) is 62.8 Å². The minimum absolute atomic E-state index is 0.110. The molecule has 262 valence electrons. The lowest BCUT2D eigenvalue weighted by Gasteiger charge is -2.20. The molecule has 0 fully saturated rings. The van der Waals surface area contributed by atoms with Crippen LogP contribution in [0.3, 0.4) is 0 Å². The van der Waals surface area contributed by atoms with Crippen molar-refractivity contribution in [2.24, 2.45) is 0 Å². The number of terminal acetylenes is 1.